The summed E-state index contributed by atoms with van der Waals surface area (Å²) >= 11 is 0. The lowest BCUT2D eigenvalue weighted by molar-refractivity contribution is -0.142. The lowest BCUT2D eigenvalue weighted by Gasteiger charge is -2.14. The molecule has 2 aromatic rings. The number of aliphatic hydroxyl groups is 1. The van der Waals surface area contributed by atoms with Crippen LogP contribution in [-0.2, 0) is 9.53 Å². The molecule has 1 atom stereocenters. The average Bonchev–Trinajstić information content (AvgIpc) is 2.78. The fourth-order valence-corrected chi connectivity index (χ4v) is 1.52. The molecule has 8 heteroatoms. The van der Waals surface area contributed by atoms with Crippen LogP contribution < -0.4 is 5.32 Å². The van der Waals surface area contributed by atoms with Crippen LogP contribution in [0.3, 0.4) is 0 Å². The maximum Gasteiger partial charge on any atom is 0.330 e. The summed E-state index contributed by atoms with van der Waals surface area (Å²) in [6.07, 6.45) is 1.28. The molecule has 96 valence electrons. The van der Waals surface area contributed by atoms with Crippen molar-refractivity contribution in [2.45, 2.75) is 13.0 Å². The smallest absolute Gasteiger partial charge is 0.330 e. The molecule has 0 spiro atoms. The molecule has 0 saturated heterocycles. The fourth-order valence-electron chi connectivity index (χ4n) is 1.52. The summed E-state index contributed by atoms with van der Waals surface area (Å²) in [5.74, 6) is -0.221. The van der Waals surface area contributed by atoms with Crippen molar-refractivity contribution in [2.75, 3.05) is 19.0 Å². The van der Waals surface area contributed by atoms with Crippen LogP contribution in [0.25, 0.3) is 11.1 Å². The van der Waals surface area contributed by atoms with Crippen LogP contribution in [0.1, 0.15) is 5.69 Å². The second kappa shape index (κ2) is 4.96. The Morgan fingerprint density at radius 2 is 2.39 bits per heavy atom. The average molecular weight is 252 g/mol. The highest BCUT2D eigenvalue weighted by molar-refractivity contribution is 5.89. The molecule has 18 heavy (non-hydrogen) atoms. The van der Waals surface area contributed by atoms with Crippen LogP contribution >= 0.6 is 0 Å². The number of aliphatic hydroxyl groups excluding tert-OH is 1. The molecule has 2 rings (SSSR count). The van der Waals surface area contributed by atoms with Crippen LogP contribution in [0.15, 0.2) is 10.9 Å². The first kappa shape index (κ1) is 12.2. The molecule has 2 heterocycles. The molecule has 2 N–H and O–H groups in total. The highest BCUT2D eigenvalue weighted by Gasteiger charge is 2.21. The van der Waals surface area contributed by atoms with E-state index < -0.39 is 18.6 Å². The number of methoxy groups -OCH3 is 1. The van der Waals surface area contributed by atoms with E-state index in [-0.39, 0.29) is 0 Å². The van der Waals surface area contributed by atoms with Crippen LogP contribution in [-0.4, -0.2) is 46.0 Å². The first-order chi connectivity index (χ1) is 8.67. The van der Waals surface area contributed by atoms with E-state index in [1.54, 1.807) is 6.92 Å². The van der Waals surface area contributed by atoms with Gasteiger partial charge in [0.15, 0.2) is 0 Å². The zero-order chi connectivity index (χ0) is 13.1. The molecule has 0 bridgehead atoms. The van der Waals surface area contributed by atoms with Crippen LogP contribution in [0.2, 0.25) is 0 Å². The molecule has 0 aliphatic heterocycles. The Kier molecular flexibility index (Phi) is 3.38. The van der Waals surface area contributed by atoms with Gasteiger partial charge in [-0.15, -0.1) is 0 Å². The summed E-state index contributed by atoms with van der Waals surface area (Å²) in [6, 6.07) is -0.901. The van der Waals surface area contributed by atoms with Crippen molar-refractivity contribution in [3.63, 3.8) is 0 Å². The number of esters is 1. The molecule has 0 aromatic carbocycles. The highest BCUT2D eigenvalue weighted by atomic mass is 16.5. The monoisotopic (exact) mass is 252 g/mol. The standard InChI is InChI=1S/C10H12N4O4/c1-5-7-8(11-4-12-9(7)18-14-5)13-6(3-15)10(16)17-2/h4,6,15H,3H2,1-2H3,(H,11,12,13). The van der Waals surface area contributed by atoms with Crippen molar-refractivity contribution in [1.29, 1.82) is 0 Å². The second-order valence-corrected chi connectivity index (χ2v) is 3.57. The summed E-state index contributed by atoms with van der Waals surface area (Å²) < 4.78 is 9.53. The van der Waals surface area contributed by atoms with Gasteiger partial charge in [-0.1, -0.05) is 5.16 Å². The third-order valence-electron chi connectivity index (χ3n) is 2.42. The number of aryl methyl sites for hydroxylation is 1. The molecule has 8 nitrogen and oxygen atoms in total. The predicted octanol–water partition coefficient (Wildman–Crippen LogP) is -0.128. The summed E-state index contributed by atoms with van der Waals surface area (Å²) in [4.78, 5) is 19.3. The molecular weight excluding hydrogens is 240 g/mol. The Labute approximate surface area is 102 Å². The lowest BCUT2D eigenvalue weighted by Crippen LogP contribution is -2.34. The molecule has 0 fully saturated rings. The number of ether oxygens (including phenoxy) is 1. The third-order valence-corrected chi connectivity index (χ3v) is 2.42. The van der Waals surface area contributed by atoms with Gasteiger partial charge >= 0.3 is 5.97 Å². The van der Waals surface area contributed by atoms with Crippen LogP contribution in [0, 0.1) is 6.92 Å². The van der Waals surface area contributed by atoms with Crippen molar-refractivity contribution in [3.05, 3.63) is 12.0 Å². The number of fused-ring (bicyclic) bond motifs is 1. The number of nitrogens with zero attached hydrogens (tertiary/aromatic N) is 3. The number of nitrogens with one attached hydrogen (secondary N) is 1. The number of carbonyl (C=O) groups excluding carboxylic acids is 1. The predicted molar refractivity (Wildman–Crippen MR) is 60.8 cm³/mol. The molecule has 0 saturated carbocycles. The number of aromatic nitrogens is 3. The van der Waals surface area contributed by atoms with E-state index in [1.165, 1.54) is 13.4 Å². The Bertz CT molecular complexity index is 568. The zero-order valence-corrected chi connectivity index (χ0v) is 9.88. The largest absolute Gasteiger partial charge is 0.467 e. The van der Waals surface area contributed by atoms with Crippen molar-refractivity contribution in [3.8, 4) is 0 Å². The summed E-state index contributed by atoms with van der Waals surface area (Å²) in [5.41, 5.74) is 0.904. The molecule has 0 aliphatic carbocycles. The van der Waals surface area contributed by atoms with Crippen LogP contribution in [0.4, 0.5) is 5.82 Å². The van der Waals surface area contributed by atoms with Gasteiger partial charge in [0, 0.05) is 0 Å². The van der Waals surface area contributed by atoms with Gasteiger partial charge in [-0.2, -0.15) is 4.98 Å². The number of carbonyl (C=O) groups is 1. The van der Waals surface area contributed by atoms with E-state index in [0.717, 1.165) is 0 Å². The lowest BCUT2D eigenvalue weighted by atomic mass is 10.2. The summed E-state index contributed by atoms with van der Waals surface area (Å²) in [6.45, 7) is 1.31. The minimum Gasteiger partial charge on any atom is -0.467 e. The maximum atomic E-state index is 11.4. The molecule has 0 amide bonds. The van der Waals surface area contributed by atoms with Crippen molar-refractivity contribution in [2.24, 2.45) is 0 Å². The van der Waals surface area contributed by atoms with Gasteiger partial charge in [0.1, 0.15) is 23.6 Å². The zero-order valence-electron chi connectivity index (χ0n) is 9.88. The SMILES string of the molecule is COC(=O)C(CO)Nc1ncnc2onc(C)c12. The normalized spacial score (nSPS) is 12.4. The number of rotatable bonds is 4. The first-order valence-electron chi connectivity index (χ1n) is 5.19. The minimum atomic E-state index is -0.901. The molecule has 1 unspecified atom stereocenters. The van der Waals surface area contributed by atoms with Gasteiger partial charge in [-0.25, -0.2) is 9.78 Å². The van der Waals surface area contributed by atoms with E-state index in [0.29, 0.717) is 22.6 Å². The van der Waals surface area contributed by atoms with E-state index in [1.807, 2.05) is 0 Å². The highest BCUT2D eigenvalue weighted by Crippen LogP contribution is 2.22. The van der Waals surface area contributed by atoms with E-state index in [2.05, 4.69) is 25.2 Å². The van der Waals surface area contributed by atoms with E-state index in [4.69, 9.17) is 9.63 Å². The third kappa shape index (κ3) is 2.09. The van der Waals surface area contributed by atoms with Gasteiger partial charge in [-0.05, 0) is 6.92 Å². The van der Waals surface area contributed by atoms with Gasteiger partial charge < -0.3 is 19.7 Å². The topological polar surface area (TPSA) is 110 Å². The molecule has 2 aromatic heterocycles. The molecule has 0 radical (unpaired) electrons. The first-order valence-corrected chi connectivity index (χ1v) is 5.19. The Morgan fingerprint density at radius 3 is 3.06 bits per heavy atom. The Hall–Kier alpha value is -2.22. The molecule has 0 aliphatic rings. The summed E-state index contributed by atoms with van der Waals surface area (Å²) in [5, 5.41) is 16.2. The van der Waals surface area contributed by atoms with Crippen molar-refractivity contribution < 1.29 is 19.2 Å². The number of anilines is 1. The van der Waals surface area contributed by atoms with Gasteiger partial charge in [0.2, 0.25) is 0 Å². The Morgan fingerprint density at radius 1 is 1.61 bits per heavy atom. The van der Waals surface area contributed by atoms with Gasteiger partial charge in [0.05, 0.1) is 19.4 Å². The van der Waals surface area contributed by atoms with Crippen molar-refractivity contribution in [1.82, 2.24) is 15.1 Å². The molecular formula is C10H12N4O4. The van der Waals surface area contributed by atoms with E-state index >= 15 is 0 Å². The summed E-state index contributed by atoms with van der Waals surface area (Å²) in [7, 11) is 1.24. The minimum absolute atomic E-state index is 0.312. The van der Waals surface area contributed by atoms with Gasteiger partial charge in [-0.3, -0.25) is 0 Å². The van der Waals surface area contributed by atoms with Crippen molar-refractivity contribution >= 4 is 22.9 Å². The van der Waals surface area contributed by atoms with Crippen LogP contribution in [0.5, 0.6) is 0 Å². The number of hydrogen-bond acceptors (Lipinski definition) is 8. The van der Waals surface area contributed by atoms with Gasteiger partial charge in [0.25, 0.3) is 5.71 Å². The maximum absolute atomic E-state index is 11.4. The fraction of sp³-hybridized carbons (Fsp3) is 0.400. The number of hydrogen-bond donors (Lipinski definition) is 2. The second-order valence-electron chi connectivity index (χ2n) is 3.57. The Balaban J connectivity index is 2.36. The van der Waals surface area contributed by atoms with E-state index in [9.17, 15) is 4.79 Å². The quantitative estimate of drug-likeness (QED) is 0.724.